The van der Waals surface area contributed by atoms with Crippen LogP contribution in [0.2, 0.25) is 0 Å². The summed E-state index contributed by atoms with van der Waals surface area (Å²) in [6, 6.07) is 6.31. The van der Waals surface area contributed by atoms with Crippen LogP contribution >= 0.6 is 0 Å². The Morgan fingerprint density at radius 2 is 1.89 bits per heavy atom. The molecule has 1 fully saturated rings. The number of hydrogen-bond donors (Lipinski definition) is 1. The highest BCUT2D eigenvalue weighted by Gasteiger charge is 2.17. The van der Waals surface area contributed by atoms with E-state index in [1.165, 1.54) is 5.56 Å². The second kappa shape index (κ2) is 7.36. The normalized spacial score (nSPS) is 16.8. The van der Waals surface area contributed by atoms with E-state index < -0.39 is 0 Å². The summed E-state index contributed by atoms with van der Waals surface area (Å²) in [4.78, 5) is 2.42. The fraction of sp³-hybridized carbons (Fsp3) is 0.600. The Kier molecular flexibility index (Phi) is 6.12. The molecule has 2 rings (SSSR count). The Hall–Kier alpha value is -1.26. The number of ether oxygens (including phenoxy) is 2. The van der Waals surface area contributed by atoms with Gasteiger partial charge in [-0.05, 0) is 44.1 Å². The van der Waals surface area contributed by atoms with Crippen LogP contribution in [-0.4, -0.2) is 38.3 Å². The molecule has 0 spiro atoms. The van der Waals surface area contributed by atoms with Gasteiger partial charge in [0.15, 0.2) is 0 Å². The number of hydrogen-bond acceptors (Lipinski definition) is 4. The monoisotopic (exact) mass is 266 g/mol. The van der Waals surface area contributed by atoms with Crippen molar-refractivity contribution in [1.29, 1.82) is 0 Å². The van der Waals surface area contributed by atoms with Gasteiger partial charge in [0.1, 0.15) is 11.5 Å². The van der Waals surface area contributed by atoms with E-state index in [9.17, 15) is 0 Å². The van der Waals surface area contributed by atoms with Crippen LogP contribution in [0.15, 0.2) is 18.2 Å². The third-order valence-corrected chi connectivity index (χ3v) is 3.51. The fourth-order valence-corrected chi connectivity index (χ4v) is 2.36. The molecule has 1 aromatic rings. The lowest BCUT2D eigenvalue weighted by atomic mass is 10.0. The van der Waals surface area contributed by atoms with Crippen molar-refractivity contribution < 1.29 is 9.47 Å². The van der Waals surface area contributed by atoms with E-state index >= 15 is 0 Å². The molecule has 0 aromatic heterocycles. The van der Waals surface area contributed by atoms with Crippen molar-refractivity contribution in [2.45, 2.75) is 32.9 Å². The molecule has 0 bridgehead atoms. The number of benzene rings is 1. The van der Waals surface area contributed by atoms with Crippen LogP contribution in [0.1, 0.15) is 25.8 Å². The van der Waals surface area contributed by atoms with Gasteiger partial charge >= 0.3 is 0 Å². The predicted octanol–water partition coefficient (Wildman–Crippen LogP) is 2.26. The predicted molar refractivity (Wildman–Crippen MR) is 78.8 cm³/mol. The maximum Gasteiger partial charge on any atom is 0.123 e. The van der Waals surface area contributed by atoms with Gasteiger partial charge in [0.2, 0.25) is 0 Å². The molecular formula is C15H26N2O2. The number of rotatable bonds is 4. The summed E-state index contributed by atoms with van der Waals surface area (Å²) in [5, 5.41) is 0. The van der Waals surface area contributed by atoms with Gasteiger partial charge in [-0.15, -0.1) is 0 Å². The van der Waals surface area contributed by atoms with Gasteiger partial charge in [-0.25, -0.2) is 0 Å². The number of nitrogens with two attached hydrogens (primary N) is 1. The molecule has 1 aromatic carbocycles. The Morgan fingerprint density at radius 1 is 1.21 bits per heavy atom. The first-order valence-electron chi connectivity index (χ1n) is 6.41. The quantitative estimate of drug-likeness (QED) is 0.908. The Morgan fingerprint density at radius 3 is 2.47 bits per heavy atom. The summed E-state index contributed by atoms with van der Waals surface area (Å²) in [6.45, 7) is 3.01. The van der Waals surface area contributed by atoms with Crippen molar-refractivity contribution in [3.8, 4) is 11.5 Å². The molecule has 0 radical (unpaired) electrons. The first kappa shape index (κ1) is 15.8. The lowest BCUT2D eigenvalue weighted by Gasteiger charge is -2.30. The van der Waals surface area contributed by atoms with Crippen molar-refractivity contribution in [3.63, 3.8) is 0 Å². The van der Waals surface area contributed by atoms with Crippen LogP contribution in [0.4, 0.5) is 0 Å². The average Bonchev–Trinajstić information content (AvgIpc) is 2.41. The minimum absolute atomic E-state index is 0. The third kappa shape index (κ3) is 4.11. The van der Waals surface area contributed by atoms with Gasteiger partial charge < -0.3 is 15.2 Å². The maximum atomic E-state index is 5.92. The summed E-state index contributed by atoms with van der Waals surface area (Å²) < 4.78 is 10.7. The van der Waals surface area contributed by atoms with E-state index in [2.05, 4.69) is 4.90 Å². The lowest BCUT2D eigenvalue weighted by molar-refractivity contribution is 0.203. The highest BCUT2D eigenvalue weighted by molar-refractivity contribution is 5.40. The van der Waals surface area contributed by atoms with Crippen LogP contribution in [0.3, 0.4) is 0 Å². The van der Waals surface area contributed by atoms with Crippen molar-refractivity contribution in [1.82, 2.24) is 4.90 Å². The molecule has 19 heavy (non-hydrogen) atoms. The number of methoxy groups -OCH3 is 2. The van der Waals surface area contributed by atoms with Crippen molar-refractivity contribution in [2.75, 3.05) is 27.3 Å². The van der Waals surface area contributed by atoms with Gasteiger partial charge in [0, 0.05) is 18.2 Å². The molecule has 0 aliphatic carbocycles. The van der Waals surface area contributed by atoms with E-state index in [1.54, 1.807) is 14.2 Å². The van der Waals surface area contributed by atoms with Crippen molar-refractivity contribution in [3.05, 3.63) is 23.8 Å². The van der Waals surface area contributed by atoms with E-state index in [0.717, 1.165) is 44.0 Å². The van der Waals surface area contributed by atoms with E-state index in [4.69, 9.17) is 15.2 Å². The summed E-state index contributed by atoms with van der Waals surface area (Å²) in [7, 11) is 3.39. The molecule has 2 N–H and O–H groups in total. The molecule has 0 unspecified atom stereocenters. The van der Waals surface area contributed by atoms with Gasteiger partial charge in [0.05, 0.1) is 14.2 Å². The van der Waals surface area contributed by atoms with Gasteiger partial charge in [0.25, 0.3) is 0 Å². The maximum absolute atomic E-state index is 5.92. The fourth-order valence-electron chi connectivity index (χ4n) is 2.36. The van der Waals surface area contributed by atoms with Gasteiger partial charge in [-0.1, -0.05) is 7.43 Å². The summed E-state index contributed by atoms with van der Waals surface area (Å²) in [5.74, 6) is 1.80. The van der Waals surface area contributed by atoms with E-state index in [0.29, 0.717) is 6.04 Å². The standard InChI is InChI=1S/C14H22N2O2.CH4/c1-17-13-3-4-14(18-2)11(9-13)10-16-7-5-12(15)6-8-16;/h3-4,9,12H,5-8,10,15H2,1-2H3;1H4. The first-order chi connectivity index (χ1) is 8.72. The molecule has 108 valence electrons. The van der Waals surface area contributed by atoms with E-state index in [1.807, 2.05) is 18.2 Å². The molecule has 1 saturated heterocycles. The van der Waals surface area contributed by atoms with Crippen molar-refractivity contribution in [2.24, 2.45) is 5.73 Å². The van der Waals surface area contributed by atoms with Gasteiger partial charge in [-0.2, -0.15) is 0 Å². The average molecular weight is 266 g/mol. The number of piperidine rings is 1. The smallest absolute Gasteiger partial charge is 0.123 e. The third-order valence-electron chi connectivity index (χ3n) is 3.51. The first-order valence-corrected chi connectivity index (χ1v) is 6.41. The second-order valence-electron chi connectivity index (χ2n) is 4.79. The van der Waals surface area contributed by atoms with Gasteiger partial charge in [-0.3, -0.25) is 4.90 Å². The molecule has 4 nitrogen and oxygen atoms in total. The Bertz CT molecular complexity index is 388. The zero-order valence-electron chi connectivity index (χ0n) is 11.2. The molecule has 0 atom stereocenters. The highest BCUT2D eigenvalue weighted by atomic mass is 16.5. The zero-order valence-corrected chi connectivity index (χ0v) is 11.2. The van der Waals surface area contributed by atoms with Crippen LogP contribution in [0.25, 0.3) is 0 Å². The molecule has 0 saturated carbocycles. The molecule has 0 amide bonds. The number of nitrogens with zero attached hydrogens (tertiary/aromatic N) is 1. The zero-order chi connectivity index (χ0) is 13.0. The molecular weight excluding hydrogens is 240 g/mol. The summed E-state index contributed by atoms with van der Waals surface area (Å²) >= 11 is 0. The molecule has 4 heteroatoms. The Balaban J connectivity index is 0.00000180. The summed E-state index contributed by atoms with van der Waals surface area (Å²) in [5.41, 5.74) is 7.09. The van der Waals surface area contributed by atoms with Crippen molar-refractivity contribution >= 4 is 0 Å². The number of likely N-dealkylation sites (tertiary alicyclic amines) is 1. The SMILES string of the molecule is C.COc1ccc(OC)c(CN2CCC(N)CC2)c1. The minimum atomic E-state index is 0. The molecule has 1 aliphatic heterocycles. The topological polar surface area (TPSA) is 47.7 Å². The lowest BCUT2D eigenvalue weighted by Crippen LogP contribution is -2.39. The van der Waals surface area contributed by atoms with Crippen LogP contribution in [0, 0.1) is 0 Å². The second-order valence-corrected chi connectivity index (χ2v) is 4.79. The summed E-state index contributed by atoms with van der Waals surface area (Å²) in [6.07, 6.45) is 2.15. The Labute approximate surface area is 116 Å². The highest BCUT2D eigenvalue weighted by Crippen LogP contribution is 2.26. The minimum Gasteiger partial charge on any atom is -0.497 e. The van der Waals surface area contributed by atoms with Crippen LogP contribution in [0.5, 0.6) is 11.5 Å². The van der Waals surface area contributed by atoms with Crippen LogP contribution in [-0.2, 0) is 6.54 Å². The van der Waals surface area contributed by atoms with E-state index in [-0.39, 0.29) is 7.43 Å². The molecule has 1 heterocycles. The largest absolute Gasteiger partial charge is 0.497 e. The molecule has 1 aliphatic rings. The van der Waals surface area contributed by atoms with Crippen LogP contribution < -0.4 is 15.2 Å².